The van der Waals surface area contributed by atoms with Gasteiger partial charge in [0.25, 0.3) is 0 Å². The zero-order chi connectivity index (χ0) is 11.5. The maximum absolute atomic E-state index is 5.94. The predicted octanol–water partition coefficient (Wildman–Crippen LogP) is 3.08. The standard InChI is InChI=1S/C11H9Cl2N3/c1-7-10(12)15-9(16-11(7)13)6-8-2-4-14-5-3-8/h2-5H,6H2,1H3. The molecular formula is C11H9Cl2N3. The van der Waals surface area contributed by atoms with Crippen molar-refractivity contribution in [1.29, 1.82) is 0 Å². The molecule has 0 saturated carbocycles. The van der Waals surface area contributed by atoms with Crippen molar-refractivity contribution < 1.29 is 0 Å². The summed E-state index contributed by atoms with van der Waals surface area (Å²) in [5.41, 5.74) is 1.78. The molecule has 0 fully saturated rings. The zero-order valence-electron chi connectivity index (χ0n) is 8.61. The number of halogens is 2. The molecule has 82 valence electrons. The summed E-state index contributed by atoms with van der Waals surface area (Å²) < 4.78 is 0. The Hall–Kier alpha value is -1.19. The van der Waals surface area contributed by atoms with Crippen LogP contribution in [0.3, 0.4) is 0 Å². The van der Waals surface area contributed by atoms with Gasteiger partial charge in [-0.25, -0.2) is 9.97 Å². The van der Waals surface area contributed by atoms with Gasteiger partial charge in [-0.1, -0.05) is 23.2 Å². The van der Waals surface area contributed by atoms with E-state index in [1.165, 1.54) is 0 Å². The molecule has 16 heavy (non-hydrogen) atoms. The maximum atomic E-state index is 5.94. The SMILES string of the molecule is Cc1c(Cl)nc(Cc2ccncc2)nc1Cl. The second-order valence-corrected chi connectivity index (χ2v) is 4.09. The summed E-state index contributed by atoms with van der Waals surface area (Å²) in [6.07, 6.45) is 4.06. The first-order chi connectivity index (χ1) is 7.66. The second kappa shape index (κ2) is 4.76. The molecule has 0 aromatic carbocycles. The Kier molecular flexibility index (Phi) is 3.36. The minimum Gasteiger partial charge on any atom is -0.265 e. The van der Waals surface area contributed by atoms with E-state index < -0.39 is 0 Å². The average molecular weight is 254 g/mol. The molecule has 0 radical (unpaired) electrons. The van der Waals surface area contributed by atoms with Gasteiger partial charge < -0.3 is 0 Å². The first-order valence-electron chi connectivity index (χ1n) is 4.74. The fraction of sp³-hybridized carbons (Fsp3) is 0.182. The van der Waals surface area contributed by atoms with Gasteiger partial charge in [0.2, 0.25) is 0 Å². The van der Waals surface area contributed by atoms with Crippen molar-refractivity contribution in [3.63, 3.8) is 0 Å². The normalized spacial score (nSPS) is 10.4. The number of hydrogen-bond donors (Lipinski definition) is 0. The number of pyridine rings is 1. The highest BCUT2D eigenvalue weighted by Crippen LogP contribution is 2.20. The summed E-state index contributed by atoms with van der Waals surface area (Å²) >= 11 is 11.9. The lowest BCUT2D eigenvalue weighted by Crippen LogP contribution is -1.99. The molecule has 0 bridgehead atoms. The summed E-state index contributed by atoms with van der Waals surface area (Å²) in [6.45, 7) is 1.79. The predicted molar refractivity (Wildman–Crippen MR) is 63.8 cm³/mol. The van der Waals surface area contributed by atoms with Gasteiger partial charge in [-0.2, -0.15) is 0 Å². The third-order valence-corrected chi connectivity index (χ3v) is 2.92. The third-order valence-electron chi connectivity index (χ3n) is 2.18. The van der Waals surface area contributed by atoms with E-state index in [2.05, 4.69) is 15.0 Å². The van der Waals surface area contributed by atoms with Crippen LogP contribution in [0.5, 0.6) is 0 Å². The van der Waals surface area contributed by atoms with Crippen LogP contribution in [0.4, 0.5) is 0 Å². The number of nitrogens with zero attached hydrogens (tertiary/aromatic N) is 3. The molecule has 0 spiro atoms. The maximum Gasteiger partial charge on any atom is 0.137 e. The van der Waals surface area contributed by atoms with Crippen molar-refractivity contribution in [3.8, 4) is 0 Å². The van der Waals surface area contributed by atoms with Gasteiger partial charge in [0.1, 0.15) is 16.1 Å². The minimum absolute atomic E-state index is 0.407. The molecule has 0 amide bonds. The summed E-state index contributed by atoms with van der Waals surface area (Å²) in [4.78, 5) is 12.3. The van der Waals surface area contributed by atoms with E-state index in [9.17, 15) is 0 Å². The van der Waals surface area contributed by atoms with Crippen molar-refractivity contribution in [2.75, 3.05) is 0 Å². The van der Waals surface area contributed by atoms with Gasteiger partial charge in [0.05, 0.1) is 0 Å². The first kappa shape index (κ1) is 11.3. The molecule has 0 saturated heterocycles. The van der Waals surface area contributed by atoms with E-state index in [1.807, 2.05) is 12.1 Å². The van der Waals surface area contributed by atoms with Crippen LogP contribution in [0.15, 0.2) is 24.5 Å². The van der Waals surface area contributed by atoms with Crippen LogP contribution in [0.1, 0.15) is 17.0 Å². The largest absolute Gasteiger partial charge is 0.265 e. The van der Waals surface area contributed by atoms with Crippen LogP contribution < -0.4 is 0 Å². The lowest BCUT2D eigenvalue weighted by Gasteiger charge is -2.04. The monoisotopic (exact) mass is 253 g/mol. The summed E-state index contributed by atoms with van der Waals surface area (Å²) in [6, 6.07) is 3.82. The molecule has 0 aliphatic rings. The lowest BCUT2D eigenvalue weighted by molar-refractivity contribution is 0.954. The van der Waals surface area contributed by atoms with E-state index >= 15 is 0 Å². The van der Waals surface area contributed by atoms with E-state index in [1.54, 1.807) is 19.3 Å². The molecule has 2 rings (SSSR count). The van der Waals surface area contributed by atoms with Crippen molar-refractivity contribution in [2.24, 2.45) is 0 Å². The van der Waals surface area contributed by atoms with E-state index in [4.69, 9.17) is 23.2 Å². The highest BCUT2D eigenvalue weighted by molar-refractivity contribution is 6.34. The van der Waals surface area contributed by atoms with Crippen LogP contribution in [-0.2, 0) is 6.42 Å². The van der Waals surface area contributed by atoms with Gasteiger partial charge in [0.15, 0.2) is 0 Å². The number of aromatic nitrogens is 3. The molecular weight excluding hydrogens is 245 g/mol. The van der Waals surface area contributed by atoms with Gasteiger partial charge in [0, 0.05) is 24.4 Å². The van der Waals surface area contributed by atoms with Crippen LogP contribution in [0, 0.1) is 6.92 Å². The molecule has 0 atom stereocenters. The van der Waals surface area contributed by atoms with Gasteiger partial charge >= 0.3 is 0 Å². The smallest absolute Gasteiger partial charge is 0.137 e. The van der Waals surface area contributed by atoms with Crippen molar-refractivity contribution in [2.45, 2.75) is 13.3 Å². The second-order valence-electron chi connectivity index (χ2n) is 3.38. The molecule has 2 aromatic heterocycles. The highest BCUT2D eigenvalue weighted by atomic mass is 35.5. The summed E-state index contributed by atoms with van der Waals surface area (Å²) in [7, 11) is 0. The van der Waals surface area contributed by atoms with E-state index in [-0.39, 0.29) is 0 Å². The Morgan fingerprint density at radius 1 is 1.06 bits per heavy atom. The van der Waals surface area contributed by atoms with E-state index in [0.717, 1.165) is 5.56 Å². The Morgan fingerprint density at radius 3 is 2.19 bits per heavy atom. The molecule has 0 unspecified atom stereocenters. The lowest BCUT2D eigenvalue weighted by atomic mass is 10.2. The highest BCUT2D eigenvalue weighted by Gasteiger charge is 2.07. The van der Waals surface area contributed by atoms with Crippen LogP contribution in [0.25, 0.3) is 0 Å². The quantitative estimate of drug-likeness (QED) is 0.773. The average Bonchev–Trinajstić information content (AvgIpc) is 2.27. The Labute approximate surface area is 103 Å². The van der Waals surface area contributed by atoms with Gasteiger partial charge in [-0.05, 0) is 24.6 Å². The van der Waals surface area contributed by atoms with Crippen molar-refractivity contribution in [3.05, 3.63) is 51.8 Å². The third kappa shape index (κ3) is 2.49. The molecule has 2 aromatic rings. The van der Waals surface area contributed by atoms with Crippen molar-refractivity contribution in [1.82, 2.24) is 15.0 Å². The van der Waals surface area contributed by atoms with Gasteiger partial charge in [-0.3, -0.25) is 4.98 Å². The van der Waals surface area contributed by atoms with E-state index in [0.29, 0.717) is 28.1 Å². The van der Waals surface area contributed by atoms with Crippen molar-refractivity contribution >= 4 is 23.2 Å². The first-order valence-corrected chi connectivity index (χ1v) is 5.50. The fourth-order valence-corrected chi connectivity index (χ4v) is 1.69. The molecule has 2 heterocycles. The Balaban J connectivity index is 2.29. The zero-order valence-corrected chi connectivity index (χ0v) is 10.1. The summed E-state index contributed by atoms with van der Waals surface area (Å²) in [5, 5.41) is 0.813. The van der Waals surface area contributed by atoms with Crippen LogP contribution in [0.2, 0.25) is 10.3 Å². The minimum atomic E-state index is 0.407. The summed E-state index contributed by atoms with van der Waals surface area (Å²) in [5.74, 6) is 0.617. The van der Waals surface area contributed by atoms with Crippen LogP contribution >= 0.6 is 23.2 Å². The van der Waals surface area contributed by atoms with Gasteiger partial charge in [-0.15, -0.1) is 0 Å². The van der Waals surface area contributed by atoms with Crippen LogP contribution in [-0.4, -0.2) is 15.0 Å². The number of hydrogen-bond acceptors (Lipinski definition) is 3. The number of rotatable bonds is 2. The molecule has 0 aliphatic carbocycles. The molecule has 0 N–H and O–H groups in total. The Bertz CT molecular complexity index is 477. The molecule has 0 aliphatic heterocycles. The Morgan fingerprint density at radius 2 is 1.62 bits per heavy atom. The molecule has 5 heteroatoms. The molecule has 3 nitrogen and oxygen atoms in total. The topological polar surface area (TPSA) is 38.7 Å². The fourth-order valence-electron chi connectivity index (χ4n) is 1.27.